The first-order chi connectivity index (χ1) is 14.2. The van der Waals surface area contributed by atoms with Crippen LogP contribution in [0, 0.1) is 0 Å². The first-order valence-electron chi connectivity index (χ1n) is 8.86. The molecule has 146 valence electrons. The van der Waals surface area contributed by atoms with E-state index in [0.29, 0.717) is 28.6 Å². The Labute approximate surface area is 171 Å². The number of hydrogen-bond acceptors (Lipinski definition) is 7. The largest absolute Gasteiger partial charge is 0.465 e. The molecule has 7 heteroatoms. The molecule has 0 unspecified atom stereocenters. The van der Waals surface area contributed by atoms with Crippen LogP contribution in [-0.4, -0.2) is 25.1 Å². The number of thiophene rings is 1. The zero-order chi connectivity index (χ0) is 20.2. The summed E-state index contributed by atoms with van der Waals surface area (Å²) in [6, 6.07) is 16.4. The highest BCUT2D eigenvalue weighted by Crippen LogP contribution is 2.40. The fourth-order valence-corrected chi connectivity index (χ4v) is 3.62. The lowest BCUT2D eigenvalue weighted by atomic mass is 10.1. The minimum Gasteiger partial charge on any atom is -0.465 e. The molecule has 6 nitrogen and oxygen atoms in total. The van der Waals surface area contributed by atoms with Crippen molar-refractivity contribution in [1.29, 1.82) is 0 Å². The van der Waals surface area contributed by atoms with E-state index in [0.717, 1.165) is 16.1 Å². The van der Waals surface area contributed by atoms with E-state index in [4.69, 9.17) is 18.9 Å². The molecule has 0 bridgehead atoms. The number of methoxy groups -OCH3 is 1. The Morgan fingerprint density at radius 2 is 2.03 bits per heavy atom. The summed E-state index contributed by atoms with van der Waals surface area (Å²) in [5, 5.41) is 5.15. The molecule has 3 heterocycles. The minimum absolute atomic E-state index is 0.381. The maximum absolute atomic E-state index is 11.8. The summed E-state index contributed by atoms with van der Waals surface area (Å²) >= 11 is 1.59. The van der Waals surface area contributed by atoms with Crippen molar-refractivity contribution in [1.82, 2.24) is 4.98 Å². The van der Waals surface area contributed by atoms with Crippen LogP contribution in [0.1, 0.15) is 10.4 Å². The van der Waals surface area contributed by atoms with Gasteiger partial charge in [-0.05, 0) is 47.8 Å². The third kappa shape index (κ3) is 3.86. The van der Waals surface area contributed by atoms with E-state index in [1.54, 1.807) is 48.9 Å². The number of hydrogen-bond donors (Lipinski definition) is 1. The van der Waals surface area contributed by atoms with Crippen LogP contribution < -0.4 is 10.1 Å². The number of rotatable bonds is 6. The topological polar surface area (TPSA) is 73.6 Å². The van der Waals surface area contributed by atoms with Crippen molar-refractivity contribution >= 4 is 23.0 Å². The van der Waals surface area contributed by atoms with Gasteiger partial charge in [0.25, 0.3) is 0 Å². The molecule has 1 N–H and O–H groups in total. The highest BCUT2D eigenvalue weighted by atomic mass is 32.1. The molecule has 0 saturated heterocycles. The van der Waals surface area contributed by atoms with Crippen LogP contribution in [0.15, 0.2) is 70.7 Å². The van der Waals surface area contributed by atoms with Gasteiger partial charge in [0.15, 0.2) is 0 Å². The maximum atomic E-state index is 11.8. The zero-order valence-electron chi connectivity index (χ0n) is 15.8. The van der Waals surface area contributed by atoms with Gasteiger partial charge in [-0.25, -0.2) is 9.78 Å². The molecule has 0 radical (unpaired) electrons. The minimum atomic E-state index is -0.430. The normalized spacial score (nSPS) is 10.6. The molecule has 0 saturated carbocycles. The molecule has 4 rings (SSSR count). The van der Waals surface area contributed by atoms with Crippen molar-refractivity contribution in [3.05, 3.63) is 71.8 Å². The molecule has 0 atom stereocenters. The second kappa shape index (κ2) is 8.20. The Morgan fingerprint density at radius 1 is 1.14 bits per heavy atom. The molecular formula is C22H18N2O4S. The van der Waals surface area contributed by atoms with Crippen molar-refractivity contribution in [2.45, 2.75) is 0 Å². The molecule has 29 heavy (non-hydrogen) atoms. The van der Waals surface area contributed by atoms with Crippen LogP contribution >= 0.6 is 11.3 Å². The summed E-state index contributed by atoms with van der Waals surface area (Å²) in [5.41, 5.74) is 2.68. The van der Waals surface area contributed by atoms with E-state index >= 15 is 0 Å². The van der Waals surface area contributed by atoms with Crippen molar-refractivity contribution in [2.75, 3.05) is 19.5 Å². The van der Waals surface area contributed by atoms with Gasteiger partial charge >= 0.3 is 5.97 Å². The summed E-state index contributed by atoms with van der Waals surface area (Å²) in [7, 11) is 3.14. The van der Waals surface area contributed by atoms with Gasteiger partial charge in [-0.2, -0.15) is 0 Å². The molecule has 0 aliphatic heterocycles. The van der Waals surface area contributed by atoms with Crippen LogP contribution in [0.5, 0.6) is 11.6 Å². The lowest BCUT2D eigenvalue weighted by molar-refractivity contribution is 0.0600. The quantitative estimate of drug-likeness (QED) is 0.415. The van der Waals surface area contributed by atoms with E-state index in [1.807, 2.05) is 35.7 Å². The Kier molecular flexibility index (Phi) is 5.31. The summed E-state index contributed by atoms with van der Waals surface area (Å²) in [6.07, 6.45) is 1.63. The van der Waals surface area contributed by atoms with Crippen molar-refractivity contribution in [3.63, 3.8) is 0 Å². The smallest absolute Gasteiger partial charge is 0.337 e. The third-order valence-electron chi connectivity index (χ3n) is 4.27. The van der Waals surface area contributed by atoms with E-state index in [2.05, 4.69) is 5.32 Å². The van der Waals surface area contributed by atoms with Crippen molar-refractivity contribution in [3.8, 4) is 33.5 Å². The molecule has 4 aromatic rings. The van der Waals surface area contributed by atoms with Gasteiger partial charge in [0.1, 0.15) is 17.2 Å². The number of benzene rings is 1. The average molecular weight is 406 g/mol. The number of carbonyl (C=O) groups is 1. The summed E-state index contributed by atoms with van der Waals surface area (Å²) in [5.74, 6) is 1.13. The number of aromatic nitrogens is 1. The first-order valence-corrected chi connectivity index (χ1v) is 9.74. The first kappa shape index (κ1) is 18.8. The number of ether oxygens (including phenoxy) is 2. The van der Waals surface area contributed by atoms with Crippen LogP contribution in [0.4, 0.5) is 5.69 Å². The summed E-state index contributed by atoms with van der Waals surface area (Å²) in [6.45, 7) is 0. The Balaban J connectivity index is 1.83. The Bertz CT molecular complexity index is 1120. The zero-order valence-corrected chi connectivity index (χ0v) is 16.7. The fraction of sp³-hybridized carbons (Fsp3) is 0.0909. The van der Waals surface area contributed by atoms with Crippen LogP contribution in [-0.2, 0) is 4.74 Å². The molecule has 0 aliphatic rings. The lowest BCUT2D eigenvalue weighted by Gasteiger charge is -2.15. The highest BCUT2D eigenvalue weighted by Gasteiger charge is 2.19. The predicted molar refractivity (Wildman–Crippen MR) is 113 cm³/mol. The second-order valence-corrected chi connectivity index (χ2v) is 7.01. The van der Waals surface area contributed by atoms with Crippen molar-refractivity contribution in [2.24, 2.45) is 0 Å². The van der Waals surface area contributed by atoms with Gasteiger partial charge in [-0.1, -0.05) is 12.1 Å². The third-order valence-corrected chi connectivity index (χ3v) is 5.16. The molecule has 3 aromatic heterocycles. The number of nitrogens with one attached hydrogen (secondary N) is 1. The average Bonchev–Trinajstić information content (AvgIpc) is 3.47. The molecule has 1 aromatic carbocycles. The number of furan rings is 1. The van der Waals surface area contributed by atoms with E-state index < -0.39 is 5.97 Å². The van der Waals surface area contributed by atoms with Crippen LogP contribution in [0.25, 0.3) is 21.9 Å². The number of carbonyl (C=O) groups excluding carboxylic acids is 1. The van der Waals surface area contributed by atoms with Gasteiger partial charge in [0, 0.05) is 12.6 Å². The maximum Gasteiger partial charge on any atom is 0.337 e. The number of anilines is 1. The van der Waals surface area contributed by atoms with E-state index in [-0.39, 0.29) is 0 Å². The van der Waals surface area contributed by atoms with Gasteiger partial charge in [-0.15, -0.1) is 11.3 Å². The van der Waals surface area contributed by atoms with Gasteiger partial charge < -0.3 is 19.2 Å². The lowest BCUT2D eigenvalue weighted by Crippen LogP contribution is -2.02. The van der Waals surface area contributed by atoms with E-state index in [9.17, 15) is 4.79 Å². The molecule has 0 fully saturated rings. The van der Waals surface area contributed by atoms with Gasteiger partial charge in [0.05, 0.1) is 29.5 Å². The molecule has 0 aliphatic carbocycles. The van der Waals surface area contributed by atoms with Crippen molar-refractivity contribution < 1.29 is 18.7 Å². The standard InChI is InChI=1S/C22H18N2O4S/c1-23-20-16(18-8-4-10-27-18)13-17(19-9-5-11-29-19)24-21(20)28-15-7-3-6-14(12-15)22(25)26-2/h3-13,23H,1-2H3. The number of nitrogens with zero attached hydrogens (tertiary/aromatic N) is 1. The van der Waals surface area contributed by atoms with E-state index in [1.165, 1.54) is 7.11 Å². The SMILES string of the molecule is CNc1c(-c2ccco2)cc(-c2cccs2)nc1Oc1cccc(C(=O)OC)c1. The van der Waals surface area contributed by atoms with Crippen LogP contribution in [0.2, 0.25) is 0 Å². The van der Waals surface area contributed by atoms with Crippen LogP contribution in [0.3, 0.4) is 0 Å². The molecular weight excluding hydrogens is 388 g/mol. The monoisotopic (exact) mass is 406 g/mol. The van der Waals surface area contributed by atoms with Gasteiger partial charge in [-0.3, -0.25) is 0 Å². The second-order valence-electron chi connectivity index (χ2n) is 6.06. The fourth-order valence-electron chi connectivity index (χ4n) is 2.93. The predicted octanol–water partition coefficient (Wildman–Crippen LogP) is 5.69. The molecule has 0 amide bonds. The Hall–Kier alpha value is -3.58. The number of pyridine rings is 1. The number of esters is 1. The Morgan fingerprint density at radius 3 is 2.72 bits per heavy atom. The van der Waals surface area contributed by atoms with Gasteiger partial charge in [0.2, 0.25) is 5.88 Å². The summed E-state index contributed by atoms with van der Waals surface area (Å²) in [4.78, 5) is 17.6. The molecule has 0 spiro atoms. The summed E-state index contributed by atoms with van der Waals surface area (Å²) < 4.78 is 16.5. The highest BCUT2D eigenvalue weighted by molar-refractivity contribution is 7.13.